The van der Waals surface area contributed by atoms with Gasteiger partial charge in [-0.2, -0.15) is 0 Å². The lowest BCUT2D eigenvalue weighted by Crippen LogP contribution is -2.65. The predicted octanol–water partition coefficient (Wildman–Crippen LogP) is 1.92. The first-order valence-corrected chi connectivity index (χ1v) is 13.9. The van der Waals surface area contributed by atoms with Crippen molar-refractivity contribution < 1.29 is 39.6 Å². The lowest BCUT2D eigenvalue weighted by molar-refractivity contribution is -0.153. The van der Waals surface area contributed by atoms with Crippen LogP contribution in [0.3, 0.4) is 0 Å². The number of anilines is 1. The Morgan fingerprint density at radius 2 is 1.77 bits per heavy atom. The van der Waals surface area contributed by atoms with Gasteiger partial charge in [-0.1, -0.05) is 32.3 Å². The molecule has 238 valence electrons. The largest absolute Gasteiger partial charge is 0.508 e. The quantitative estimate of drug-likeness (QED) is 0.112. The first kappa shape index (κ1) is 36.0. The Morgan fingerprint density at radius 1 is 1.09 bits per heavy atom. The van der Waals surface area contributed by atoms with Crippen LogP contribution in [0.15, 0.2) is 29.0 Å². The van der Waals surface area contributed by atoms with E-state index in [1.807, 2.05) is 0 Å². The van der Waals surface area contributed by atoms with E-state index in [1.54, 1.807) is 20.2 Å². The number of unbranched alkanes of at least 4 members (excludes halogenated alkanes) is 3. The van der Waals surface area contributed by atoms with Gasteiger partial charge in [0.15, 0.2) is 11.4 Å². The van der Waals surface area contributed by atoms with Gasteiger partial charge in [-0.25, -0.2) is 0 Å². The average Bonchev–Trinajstić information content (AvgIpc) is 2.89. The molecular weight excluding hydrogens is 603 g/mol. The maximum absolute atomic E-state index is 13.9. The second-order valence-corrected chi connectivity index (χ2v) is 11.2. The number of nitrogens with two attached hydrogens (primary N) is 1. The Bertz CT molecular complexity index is 1360. The molecule has 2 unspecified atom stereocenters. The number of nitrogens with one attached hydrogen (secondary N) is 2. The molecular formula is C29H40Cl2N4O8. The Labute approximate surface area is 262 Å². The number of phenolic OH excluding ortho intramolecular Hbond substituents is 1. The first-order chi connectivity index (χ1) is 19.4. The van der Waals surface area contributed by atoms with Crippen molar-refractivity contribution in [3.8, 4) is 5.75 Å². The molecule has 4 atom stereocenters. The van der Waals surface area contributed by atoms with E-state index in [9.17, 15) is 39.6 Å². The molecule has 43 heavy (non-hydrogen) atoms. The highest BCUT2D eigenvalue weighted by Crippen LogP contribution is 2.53. The number of aliphatic hydroxyl groups is 3. The summed E-state index contributed by atoms with van der Waals surface area (Å²) in [5, 5.41) is 50.6. The molecule has 4 rings (SSSR count). The molecule has 0 saturated heterocycles. The standard InChI is InChI=1S/C29H38N4O8.2ClH/c1-4-5-6-7-10-31-13-18(34)32-17-9-8-14-11-15-12-16-22(33(2)3)25(37)21(28(30)40)27(39)29(16,41)26(38)20(15)24(36)19(14)23(17)35;;/h8-9,15-16,22,31,35-36,39,41H,4-7,10-13H2,1-3H3,(H2,30,40)(H,32,34);2*1H/t15?,16?,22-,29-;;/m0../s1. The van der Waals surface area contributed by atoms with Gasteiger partial charge in [0.2, 0.25) is 11.7 Å². The smallest absolute Gasteiger partial charge is 0.255 e. The molecule has 1 aromatic rings. The summed E-state index contributed by atoms with van der Waals surface area (Å²) in [5.41, 5.74) is 1.99. The van der Waals surface area contributed by atoms with Crippen molar-refractivity contribution in [2.45, 2.75) is 57.1 Å². The number of aromatic hydroxyl groups is 1. The molecule has 0 aliphatic heterocycles. The van der Waals surface area contributed by atoms with Crippen molar-refractivity contribution in [2.24, 2.45) is 17.6 Å². The zero-order valence-electron chi connectivity index (χ0n) is 24.3. The second kappa shape index (κ2) is 14.1. The van der Waals surface area contributed by atoms with Gasteiger partial charge < -0.3 is 36.8 Å². The van der Waals surface area contributed by atoms with E-state index in [0.29, 0.717) is 12.1 Å². The van der Waals surface area contributed by atoms with Crippen LogP contribution < -0.4 is 16.4 Å². The maximum atomic E-state index is 13.9. The maximum Gasteiger partial charge on any atom is 0.255 e. The summed E-state index contributed by atoms with van der Waals surface area (Å²) < 4.78 is 0. The number of likely N-dealkylation sites (N-methyl/N-ethyl adjacent to an activating group) is 1. The summed E-state index contributed by atoms with van der Waals surface area (Å²) in [6, 6.07) is 1.99. The van der Waals surface area contributed by atoms with Crippen LogP contribution in [0.5, 0.6) is 5.75 Å². The summed E-state index contributed by atoms with van der Waals surface area (Å²) in [7, 11) is 3.09. The second-order valence-electron chi connectivity index (χ2n) is 11.2. The van der Waals surface area contributed by atoms with Gasteiger partial charge in [0.05, 0.1) is 23.8 Å². The molecule has 14 heteroatoms. The van der Waals surface area contributed by atoms with E-state index in [1.165, 1.54) is 11.0 Å². The lowest BCUT2D eigenvalue weighted by Gasteiger charge is -2.50. The Balaban J connectivity index is 0.00000323. The number of aliphatic hydroxyl groups excluding tert-OH is 2. The normalized spacial score (nSPS) is 24.4. The number of carbonyl (C=O) groups is 4. The minimum atomic E-state index is -2.70. The molecule has 0 heterocycles. The number of hydrogen-bond donors (Lipinski definition) is 7. The van der Waals surface area contributed by atoms with Crippen molar-refractivity contribution in [3.63, 3.8) is 0 Å². The molecule has 1 aromatic carbocycles. The summed E-state index contributed by atoms with van der Waals surface area (Å²) in [4.78, 5) is 53.0. The molecule has 1 fully saturated rings. The third-order valence-corrected chi connectivity index (χ3v) is 8.36. The van der Waals surface area contributed by atoms with Crippen LogP contribution in [-0.2, 0) is 25.6 Å². The Kier molecular flexibility index (Phi) is 11.8. The fraction of sp³-hybridized carbons (Fsp3) is 0.517. The molecule has 2 amide bonds. The van der Waals surface area contributed by atoms with Crippen LogP contribution in [0.1, 0.15) is 50.2 Å². The zero-order valence-corrected chi connectivity index (χ0v) is 25.9. The van der Waals surface area contributed by atoms with E-state index < -0.39 is 69.7 Å². The zero-order chi connectivity index (χ0) is 30.2. The van der Waals surface area contributed by atoms with Crippen LogP contribution in [0, 0.1) is 11.8 Å². The van der Waals surface area contributed by atoms with Crippen LogP contribution in [0.25, 0.3) is 5.76 Å². The monoisotopic (exact) mass is 642 g/mol. The number of phenols is 1. The van der Waals surface area contributed by atoms with E-state index in [-0.39, 0.29) is 61.0 Å². The molecule has 3 aliphatic rings. The number of primary amides is 1. The number of benzene rings is 1. The van der Waals surface area contributed by atoms with Crippen molar-refractivity contribution in [1.82, 2.24) is 10.2 Å². The third-order valence-electron chi connectivity index (χ3n) is 8.36. The third kappa shape index (κ3) is 6.25. The van der Waals surface area contributed by atoms with Crippen molar-refractivity contribution >= 4 is 59.6 Å². The van der Waals surface area contributed by atoms with E-state index in [4.69, 9.17) is 5.73 Å². The number of hydrogen-bond acceptors (Lipinski definition) is 10. The van der Waals surface area contributed by atoms with Gasteiger partial charge in [-0.3, -0.25) is 24.1 Å². The number of ketones is 2. The highest BCUT2D eigenvalue weighted by Gasteiger charge is 2.64. The number of rotatable bonds is 10. The molecule has 0 radical (unpaired) electrons. The van der Waals surface area contributed by atoms with Crippen LogP contribution in [-0.4, -0.2) is 87.5 Å². The minimum Gasteiger partial charge on any atom is -0.508 e. The van der Waals surface area contributed by atoms with Gasteiger partial charge in [0.1, 0.15) is 22.8 Å². The fourth-order valence-electron chi connectivity index (χ4n) is 6.39. The highest BCUT2D eigenvalue weighted by molar-refractivity contribution is 6.24. The van der Waals surface area contributed by atoms with E-state index in [2.05, 4.69) is 17.6 Å². The topological polar surface area (TPSA) is 203 Å². The number of nitrogens with zero attached hydrogens (tertiary/aromatic N) is 1. The molecule has 1 saturated carbocycles. The number of Topliss-reactive ketones (excluding diaryl/α,β-unsaturated/α-hetero) is 2. The predicted molar refractivity (Wildman–Crippen MR) is 164 cm³/mol. The van der Waals surface area contributed by atoms with Crippen LogP contribution in [0.4, 0.5) is 5.69 Å². The van der Waals surface area contributed by atoms with Crippen molar-refractivity contribution in [2.75, 3.05) is 32.5 Å². The molecule has 0 spiro atoms. The molecule has 0 aromatic heterocycles. The Morgan fingerprint density at radius 3 is 2.37 bits per heavy atom. The lowest BCUT2D eigenvalue weighted by atomic mass is 9.57. The summed E-state index contributed by atoms with van der Waals surface area (Å²) >= 11 is 0. The average molecular weight is 644 g/mol. The SMILES string of the molecule is CCCCCCNCC(=O)Nc1ccc2c(c1O)C(O)=C1C(=O)[C@]3(O)C(O)=C(C(N)=O)C(=O)[C@@H](N(C)C)C3CC1C2.Cl.Cl. The molecule has 0 bridgehead atoms. The van der Waals surface area contributed by atoms with Gasteiger partial charge >= 0.3 is 0 Å². The number of fused-ring (bicyclic) bond motifs is 3. The van der Waals surface area contributed by atoms with Gasteiger partial charge in [-0.15, -0.1) is 24.8 Å². The highest BCUT2D eigenvalue weighted by atomic mass is 35.5. The van der Waals surface area contributed by atoms with Gasteiger partial charge in [0, 0.05) is 11.5 Å². The summed E-state index contributed by atoms with van der Waals surface area (Å²) in [5.74, 6) is -7.57. The van der Waals surface area contributed by atoms with Gasteiger partial charge in [-0.05, 0) is 57.5 Å². The van der Waals surface area contributed by atoms with E-state index >= 15 is 0 Å². The van der Waals surface area contributed by atoms with Gasteiger partial charge in [0.25, 0.3) is 5.91 Å². The van der Waals surface area contributed by atoms with Crippen molar-refractivity contribution in [1.29, 1.82) is 0 Å². The fourth-order valence-corrected chi connectivity index (χ4v) is 6.39. The number of halogens is 2. The number of carbonyl (C=O) groups excluding carboxylic acids is 4. The Hall–Kier alpha value is -3.16. The molecule has 8 N–H and O–H groups in total. The minimum absolute atomic E-state index is 0. The van der Waals surface area contributed by atoms with Crippen LogP contribution in [0.2, 0.25) is 0 Å². The van der Waals surface area contributed by atoms with Crippen molar-refractivity contribution in [3.05, 3.63) is 40.2 Å². The summed E-state index contributed by atoms with van der Waals surface area (Å²) in [6.07, 6.45) is 4.41. The first-order valence-electron chi connectivity index (χ1n) is 13.9. The molecule has 12 nitrogen and oxygen atoms in total. The summed E-state index contributed by atoms with van der Waals surface area (Å²) in [6.45, 7) is 2.80. The van der Waals surface area contributed by atoms with E-state index in [0.717, 1.165) is 25.7 Å². The molecule has 3 aliphatic carbocycles. The van der Waals surface area contributed by atoms with Crippen LogP contribution >= 0.6 is 24.8 Å². The number of amides is 2.